The van der Waals surface area contributed by atoms with E-state index in [0.717, 1.165) is 12.1 Å². The van der Waals surface area contributed by atoms with E-state index in [1.54, 1.807) is 6.92 Å². The third-order valence-electron chi connectivity index (χ3n) is 2.70. The molecule has 2 aromatic rings. The van der Waals surface area contributed by atoms with E-state index in [2.05, 4.69) is 5.10 Å². The molecule has 0 saturated heterocycles. The second-order valence-electron chi connectivity index (χ2n) is 4.15. The van der Waals surface area contributed by atoms with Gasteiger partial charge in [-0.15, -0.1) is 0 Å². The van der Waals surface area contributed by atoms with Crippen LogP contribution < -0.4 is 5.73 Å². The first kappa shape index (κ1) is 14.4. The first-order valence-corrected chi connectivity index (χ1v) is 5.85. The molecule has 0 bridgehead atoms. The summed E-state index contributed by atoms with van der Waals surface area (Å²) in [5.74, 6) is -0.658. The van der Waals surface area contributed by atoms with Crippen LogP contribution in [0.15, 0.2) is 24.4 Å². The number of hydrogen-bond acceptors (Lipinski definition) is 2. The number of rotatable bonds is 2. The molecule has 0 saturated carbocycles. The van der Waals surface area contributed by atoms with Crippen LogP contribution in [0.3, 0.4) is 0 Å². The summed E-state index contributed by atoms with van der Waals surface area (Å²) >= 11 is 5.86. The molecule has 1 aromatic heterocycles. The number of nitrogen functional groups attached to an aromatic ring is 1. The van der Waals surface area contributed by atoms with E-state index in [4.69, 9.17) is 22.7 Å². The van der Waals surface area contributed by atoms with Crippen LogP contribution in [-0.4, -0.2) is 15.6 Å². The number of alkyl halides is 3. The fourth-order valence-corrected chi connectivity index (χ4v) is 1.85. The predicted molar refractivity (Wildman–Crippen MR) is 69.3 cm³/mol. The molecule has 0 atom stereocenters. The fourth-order valence-electron chi connectivity index (χ4n) is 1.72. The lowest BCUT2D eigenvalue weighted by molar-refractivity contribution is -0.137. The molecule has 0 aliphatic rings. The zero-order valence-corrected chi connectivity index (χ0v) is 11.0. The average molecular weight is 303 g/mol. The molecular weight excluding hydrogens is 293 g/mol. The van der Waals surface area contributed by atoms with Crippen molar-refractivity contribution in [3.05, 3.63) is 46.2 Å². The number of benzene rings is 1. The number of aromatic nitrogens is 2. The van der Waals surface area contributed by atoms with Crippen molar-refractivity contribution in [2.24, 2.45) is 5.73 Å². The van der Waals surface area contributed by atoms with Crippen LogP contribution in [0.1, 0.15) is 16.8 Å². The SMILES string of the molecule is Cc1nn(-c2ccc(C(F)(F)F)c(C(=N)N)c2)cc1Cl. The van der Waals surface area contributed by atoms with Gasteiger partial charge < -0.3 is 5.73 Å². The molecular formula is C12H10ClF3N4. The van der Waals surface area contributed by atoms with Crippen LogP contribution in [0.25, 0.3) is 5.69 Å². The van der Waals surface area contributed by atoms with Gasteiger partial charge in [-0.1, -0.05) is 11.6 Å². The van der Waals surface area contributed by atoms with Crippen LogP contribution in [0.5, 0.6) is 0 Å². The number of halogens is 4. The van der Waals surface area contributed by atoms with E-state index in [9.17, 15) is 13.2 Å². The van der Waals surface area contributed by atoms with E-state index in [1.165, 1.54) is 16.9 Å². The highest BCUT2D eigenvalue weighted by Gasteiger charge is 2.34. The summed E-state index contributed by atoms with van der Waals surface area (Å²) in [6.07, 6.45) is -3.10. The predicted octanol–water partition coefficient (Wildman–Crippen LogP) is 3.14. The lowest BCUT2D eigenvalue weighted by Gasteiger charge is -2.13. The Hall–Kier alpha value is -2.02. The molecule has 0 unspecified atom stereocenters. The fraction of sp³-hybridized carbons (Fsp3) is 0.167. The molecule has 0 aliphatic carbocycles. The van der Waals surface area contributed by atoms with Gasteiger partial charge in [0.15, 0.2) is 0 Å². The molecule has 0 spiro atoms. The summed E-state index contributed by atoms with van der Waals surface area (Å²) in [6.45, 7) is 1.68. The molecule has 2 rings (SSSR count). The van der Waals surface area contributed by atoms with Crippen molar-refractivity contribution < 1.29 is 13.2 Å². The first-order valence-electron chi connectivity index (χ1n) is 5.48. The molecule has 0 aliphatic heterocycles. The number of nitrogens with two attached hydrogens (primary N) is 1. The number of nitrogens with zero attached hydrogens (tertiary/aromatic N) is 2. The Balaban J connectivity index is 2.59. The van der Waals surface area contributed by atoms with E-state index in [0.29, 0.717) is 16.4 Å². The molecule has 1 heterocycles. The van der Waals surface area contributed by atoms with Crippen molar-refractivity contribution in [1.82, 2.24) is 9.78 Å². The Morgan fingerprint density at radius 1 is 1.40 bits per heavy atom. The van der Waals surface area contributed by atoms with Crippen LogP contribution >= 0.6 is 11.6 Å². The average Bonchev–Trinajstić information content (AvgIpc) is 2.67. The Morgan fingerprint density at radius 2 is 2.05 bits per heavy atom. The summed E-state index contributed by atoms with van der Waals surface area (Å²) < 4.78 is 39.8. The summed E-state index contributed by atoms with van der Waals surface area (Å²) in [6, 6.07) is 3.28. The third kappa shape index (κ3) is 2.62. The van der Waals surface area contributed by atoms with Crippen LogP contribution in [0, 0.1) is 12.3 Å². The Labute approximate surface area is 117 Å². The zero-order valence-electron chi connectivity index (χ0n) is 10.3. The number of hydrogen-bond donors (Lipinski definition) is 2. The second kappa shape index (κ2) is 4.82. The Bertz CT molecular complexity index is 656. The highest BCUT2D eigenvalue weighted by atomic mass is 35.5. The quantitative estimate of drug-likeness (QED) is 0.661. The van der Waals surface area contributed by atoms with Gasteiger partial charge in [0.1, 0.15) is 5.84 Å². The van der Waals surface area contributed by atoms with Gasteiger partial charge in [-0.3, -0.25) is 5.41 Å². The van der Waals surface area contributed by atoms with E-state index in [1.807, 2.05) is 0 Å². The van der Waals surface area contributed by atoms with E-state index in [-0.39, 0.29) is 5.56 Å². The highest BCUT2D eigenvalue weighted by molar-refractivity contribution is 6.31. The largest absolute Gasteiger partial charge is 0.417 e. The minimum absolute atomic E-state index is 0.346. The van der Waals surface area contributed by atoms with Gasteiger partial charge in [0, 0.05) is 11.8 Å². The van der Waals surface area contributed by atoms with Gasteiger partial charge in [-0.05, 0) is 25.1 Å². The number of amidine groups is 1. The van der Waals surface area contributed by atoms with Crippen molar-refractivity contribution in [3.8, 4) is 5.69 Å². The smallest absolute Gasteiger partial charge is 0.384 e. The topological polar surface area (TPSA) is 67.7 Å². The van der Waals surface area contributed by atoms with E-state index >= 15 is 0 Å². The Kier molecular flexibility index (Phi) is 3.47. The standard InChI is InChI=1S/C12H10ClF3N4/c1-6-10(13)5-20(19-6)7-2-3-9(12(14,15)16)8(4-7)11(17)18/h2-5H,1H3,(H3,17,18). The van der Waals surface area contributed by atoms with Gasteiger partial charge in [0.05, 0.1) is 22.0 Å². The molecule has 106 valence electrons. The van der Waals surface area contributed by atoms with Gasteiger partial charge in [-0.25, -0.2) is 4.68 Å². The van der Waals surface area contributed by atoms with Crippen LogP contribution in [0.4, 0.5) is 13.2 Å². The van der Waals surface area contributed by atoms with Crippen molar-refractivity contribution in [1.29, 1.82) is 5.41 Å². The third-order valence-corrected chi connectivity index (χ3v) is 3.07. The molecule has 8 heteroatoms. The lowest BCUT2D eigenvalue weighted by Crippen LogP contribution is -2.19. The summed E-state index contributed by atoms with van der Waals surface area (Å²) in [5, 5.41) is 11.7. The monoisotopic (exact) mass is 302 g/mol. The van der Waals surface area contributed by atoms with Gasteiger partial charge in [0.2, 0.25) is 0 Å². The Morgan fingerprint density at radius 3 is 2.50 bits per heavy atom. The first-order chi connectivity index (χ1) is 9.20. The molecule has 4 nitrogen and oxygen atoms in total. The van der Waals surface area contributed by atoms with Crippen LogP contribution in [-0.2, 0) is 6.18 Å². The summed E-state index contributed by atoms with van der Waals surface area (Å²) in [5.41, 5.74) is 4.77. The summed E-state index contributed by atoms with van der Waals surface area (Å²) in [7, 11) is 0. The maximum atomic E-state index is 12.8. The van der Waals surface area contributed by atoms with Gasteiger partial charge >= 0.3 is 6.18 Å². The number of aryl methyl sites for hydroxylation is 1. The molecule has 3 N–H and O–H groups in total. The molecule has 20 heavy (non-hydrogen) atoms. The zero-order chi connectivity index (χ0) is 15.1. The molecule has 1 aromatic carbocycles. The van der Waals surface area contributed by atoms with Crippen molar-refractivity contribution in [2.45, 2.75) is 13.1 Å². The van der Waals surface area contributed by atoms with Gasteiger partial charge in [-0.2, -0.15) is 18.3 Å². The lowest BCUT2D eigenvalue weighted by atomic mass is 10.1. The maximum Gasteiger partial charge on any atom is 0.417 e. The minimum Gasteiger partial charge on any atom is -0.384 e. The molecule has 0 fully saturated rings. The van der Waals surface area contributed by atoms with Crippen molar-refractivity contribution >= 4 is 17.4 Å². The second-order valence-corrected chi connectivity index (χ2v) is 4.56. The van der Waals surface area contributed by atoms with Crippen molar-refractivity contribution in [3.63, 3.8) is 0 Å². The maximum absolute atomic E-state index is 12.8. The van der Waals surface area contributed by atoms with Crippen molar-refractivity contribution in [2.75, 3.05) is 0 Å². The van der Waals surface area contributed by atoms with Crippen LogP contribution in [0.2, 0.25) is 5.02 Å². The molecule has 0 radical (unpaired) electrons. The van der Waals surface area contributed by atoms with Gasteiger partial charge in [0.25, 0.3) is 0 Å². The normalized spacial score (nSPS) is 11.7. The molecule has 0 amide bonds. The summed E-state index contributed by atoms with van der Waals surface area (Å²) in [4.78, 5) is 0. The highest BCUT2D eigenvalue weighted by Crippen LogP contribution is 2.33. The number of nitrogens with one attached hydrogen (secondary N) is 1. The minimum atomic E-state index is -4.57. The van der Waals surface area contributed by atoms with E-state index < -0.39 is 17.6 Å².